The fraction of sp³-hybridized carbons (Fsp3) is 0.250. The molecule has 0 saturated heterocycles. The van der Waals surface area contributed by atoms with Crippen LogP contribution in [0.4, 0.5) is 5.69 Å². The molecule has 0 spiro atoms. The van der Waals surface area contributed by atoms with E-state index in [0.717, 1.165) is 6.08 Å². The molecule has 1 aromatic rings. The lowest BCUT2D eigenvalue weighted by atomic mass is 10.1. The predicted molar refractivity (Wildman–Crippen MR) is 66.7 cm³/mol. The number of methoxy groups -OCH3 is 2. The highest BCUT2D eigenvalue weighted by atomic mass is 16.7. The van der Waals surface area contributed by atoms with Crippen LogP contribution in [0.1, 0.15) is 5.56 Å². The van der Waals surface area contributed by atoms with Gasteiger partial charge in [-0.25, -0.2) is 4.79 Å². The summed E-state index contributed by atoms with van der Waals surface area (Å²) in [7, 11) is 2.68. The zero-order valence-electron chi connectivity index (χ0n) is 10.5. The van der Waals surface area contributed by atoms with E-state index in [1.807, 2.05) is 0 Å². The molecule has 0 heterocycles. The van der Waals surface area contributed by atoms with Gasteiger partial charge in [0.25, 0.3) is 5.69 Å². The number of hydrogen-bond acceptors (Lipinski definition) is 6. The second kappa shape index (κ2) is 7.12. The topological polar surface area (TPSA) is 87.9 Å². The fourth-order valence-electron chi connectivity index (χ4n) is 1.27. The van der Waals surface area contributed by atoms with E-state index in [0.29, 0.717) is 5.75 Å². The summed E-state index contributed by atoms with van der Waals surface area (Å²) in [6.07, 6.45) is 2.39. The maximum Gasteiger partial charge on any atom is 0.330 e. The van der Waals surface area contributed by atoms with Crippen LogP contribution in [-0.4, -0.2) is 31.9 Å². The summed E-state index contributed by atoms with van der Waals surface area (Å²) in [6.45, 7) is 0.0258. The normalized spacial score (nSPS) is 10.4. The largest absolute Gasteiger partial charge is 0.468 e. The Bertz CT molecular complexity index is 497. The highest BCUT2D eigenvalue weighted by Gasteiger charge is 2.12. The summed E-state index contributed by atoms with van der Waals surface area (Å²) in [5.41, 5.74) is 0.105. The predicted octanol–water partition coefficient (Wildman–Crippen LogP) is 1.76. The second-order valence-corrected chi connectivity index (χ2v) is 3.39. The van der Waals surface area contributed by atoms with Crippen LogP contribution in [0, 0.1) is 10.1 Å². The molecule has 1 aromatic carbocycles. The number of nitrogens with zero attached hydrogens (tertiary/aromatic N) is 1. The average Bonchev–Trinajstić information content (AvgIpc) is 2.42. The van der Waals surface area contributed by atoms with Crippen LogP contribution >= 0.6 is 0 Å². The van der Waals surface area contributed by atoms with Gasteiger partial charge in [-0.05, 0) is 18.2 Å². The van der Waals surface area contributed by atoms with Crippen LogP contribution in [-0.2, 0) is 14.3 Å². The van der Waals surface area contributed by atoms with E-state index in [4.69, 9.17) is 9.47 Å². The molecule has 0 saturated carbocycles. The molecule has 0 aliphatic heterocycles. The van der Waals surface area contributed by atoms with Crippen molar-refractivity contribution in [3.63, 3.8) is 0 Å². The highest BCUT2D eigenvalue weighted by Crippen LogP contribution is 2.25. The van der Waals surface area contributed by atoms with Gasteiger partial charge in [0.1, 0.15) is 5.75 Å². The van der Waals surface area contributed by atoms with Crippen molar-refractivity contribution >= 4 is 17.7 Å². The molecule has 1 rings (SSSR count). The van der Waals surface area contributed by atoms with Crippen LogP contribution in [0.25, 0.3) is 6.08 Å². The zero-order valence-corrected chi connectivity index (χ0v) is 10.5. The number of carbonyl (C=O) groups excluding carboxylic acids is 1. The SMILES string of the molecule is COCOc1ccc([N+](=O)[O-])c(/C=C/C(=O)OC)c1. The van der Waals surface area contributed by atoms with Crippen molar-refractivity contribution in [3.8, 4) is 5.75 Å². The van der Waals surface area contributed by atoms with Crippen LogP contribution in [0.3, 0.4) is 0 Å². The number of hydrogen-bond donors (Lipinski definition) is 0. The minimum atomic E-state index is -0.600. The van der Waals surface area contributed by atoms with Crippen molar-refractivity contribution in [1.82, 2.24) is 0 Å². The lowest BCUT2D eigenvalue weighted by Gasteiger charge is -2.05. The van der Waals surface area contributed by atoms with Crippen molar-refractivity contribution < 1.29 is 23.9 Å². The number of ether oxygens (including phenoxy) is 3. The van der Waals surface area contributed by atoms with Crippen LogP contribution < -0.4 is 4.74 Å². The lowest BCUT2D eigenvalue weighted by Crippen LogP contribution is -2.00. The van der Waals surface area contributed by atoms with Crippen LogP contribution in [0.5, 0.6) is 5.75 Å². The Labute approximate surface area is 109 Å². The van der Waals surface area contributed by atoms with Gasteiger partial charge >= 0.3 is 5.97 Å². The van der Waals surface area contributed by atoms with E-state index >= 15 is 0 Å². The molecule has 19 heavy (non-hydrogen) atoms. The Balaban J connectivity index is 3.04. The smallest absolute Gasteiger partial charge is 0.330 e. The van der Waals surface area contributed by atoms with E-state index in [9.17, 15) is 14.9 Å². The summed E-state index contributed by atoms with van der Waals surface area (Å²) >= 11 is 0. The molecule has 102 valence electrons. The molecular weight excluding hydrogens is 254 g/mol. The summed E-state index contributed by atoms with van der Waals surface area (Å²) in [6, 6.07) is 4.19. The van der Waals surface area contributed by atoms with E-state index in [1.165, 1.54) is 38.5 Å². The minimum absolute atomic E-state index is 0.0258. The minimum Gasteiger partial charge on any atom is -0.468 e. The molecule has 0 radical (unpaired) electrons. The van der Waals surface area contributed by atoms with Crippen molar-refractivity contribution in [3.05, 3.63) is 40.0 Å². The van der Waals surface area contributed by atoms with E-state index in [2.05, 4.69) is 4.74 Å². The Morgan fingerprint density at radius 2 is 2.16 bits per heavy atom. The monoisotopic (exact) mass is 267 g/mol. The Morgan fingerprint density at radius 3 is 2.74 bits per heavy atom. The lowest BCUT2D eigenvalue weighted by molar-refractivity contribution is -0.385. The summed E-state index contributed by atoms with van der Waals surface area (Å²) in [5.74, 6) is -0.200. The van der Waals surface area contributed by atoms with Crippen molar-refractivity contribution in [1.29, 1.82) is 0 Å². The van der Waals surface area contributed by atoms with E-state index < -0.39 is 10.9 Å². The first-order valence-electron chi connectivity index (χ1n) is 5.24. The second-order valence-electron chi connectivity index (χ2n) is 3.39. The Hall–Kier alpha value is -2.41. The number of carbonyl (C=O) groups is 1. The van der Waals surface area contributed by atoms with E-state index in [1.54, 1.807) is 0 Å². The maximum atomic E-state index is 11.0. The molecule has 0 bridgehead atoms. The summed E-state index contributed by atoms with van der Waals surface area (Å²) in [4.78, 5) is 21.3. The van der Waals surface area contributed by atoms with Gasteiger partial charge in [-0.15, -0.1) is 0 Å². The van der Waals surface area contributed by atoms with Crippen molar-refractivity contribution in [2.45, 2.75) is 0 Å². The van der Waals surface area contributed by atoms with Gasteiger partial charge in [0.15, 0.2) is 6.79 Å². The molecule has 7 nitrogen and oxygen atoms in total. The molecule has 0 fully saturated rings. The third kappa shape index (κ3) is 4.40. The zero-order chi connectivity index (χ0) is 14.3. The Kier molecular flexibility index (Phi) is 5.49. The molecule has 0 unspecified atom stereocenters. The summed E-state index contributed by atoms with van der Waals surface area (Å²) in [5, 5.41) is 10.9. The molecule has 0 aliphatic carbocycles. The average molecular weight is 267 g/mol. The van der Waals surface area contributed by atoms with Crippen molar-refractivity contribution in [2.24, 2.45) is 0 Å². The summed E-state index contributed by atoms with van der Waals surface area (Å²) < 4.78 is 14.3. The molecule has 0 aliphatic rings. The van der Waals surface area contributed by atoms with Gasteiger partial charge < -0.3 is 14.2 Å². The van der Waals surface area contributed by atoms with Crippen molar-refractivity contribution in [2.75, 3.05) is 21.0 Å². The first kappa shape index (κ1) is 14.7. The number of nitro groups is 1. The fourth-order valence-corrected chi connectivity index (χ4v) is 1.27. The maximum absolute atomic E-state index is 11.0. The first-order valence-corrected chi connectivity index (χ1v) is 5.24. The molecule has 0 amide bonds. The van der Waals surface area contributed by atoms with Gasteiger partial charge in [0.2, 0.25) is 0 Å². The van der Waals surface area contributed by atoms with Gasteiger partial charge in [-0.3, -0.25) is 10.1 Å². The molecule has 0 atom stereocenters. The number of benzene rings is 1. The van der Waals surface area contributed by atoms with Gasteiger partial charge in [0.05, 0.1) is 17.6 Å². The first-order chi connectivity index (χ1) is 9.08. The third-order valence-electron chi connectivity index (χ3n) is 2.14. The number of nitro benzene ring substituents is 1. The standard InChI is InChI=1S/C12H13NO6/c1-17-8-19-10-4-5-11(13(15)16)9(7-10)3-6-12(14)18-2/h3-7H,8H2,1-2H3/b6-3+. The molecular formula is C12H13NO6. The highest BCUT2D eigenvalue weighted by molar-refractivity contribution is 5.87. The van der Waals surface area contributed by atoms with Gasteiger partial charge in [0, 0.05) is 19.3 Å². The van der Waals surface area contributed by atoms with E-state index in [-0.39, 0.29) is 18.0 Å². The quantitative estimate of drug-likeness (QED) is 0.256. The third-order valence-corrected chi connectivity index (χ3v) is 2.14. The molecule has 0 N–H and O–H groups in total. The number of rotatable bonds is 6. The number of esters is 1. The molecule has 7 heteroatoms. The van der Waals surface area contributed by atoms with Gasteiger partial charge in [-0.2, -0.15) is 0 Å². The van der Waals surface area contributed by atoms with Gasteiger partial charge in [-0.1, -0.05) is 0 Å². The van der Waals surface area contributed by atoms with Crippen LogP contribution in [0.15, 0.2) is 24.3 Å². The van der Waals surface area contributed by atoms with Crippen LogP contribution in [0.2, 0.25) is 0 Å². The Morgan fingerprint density at radius 1 is 1.42 bits per heavy atom. The molecule has 0 aromatic heterocycles.